The summed E-state index contributed by atoms with van der Waals surface area (Å²) >= 11 is 1.46. The fraction of sp³-hybridized carbons (Fsp3) is 0.533. The first-order valence-corrected chi connectivity index (χ1v) is 8.23. The summed E-state index contributed by atoms with van der Waals surface area (Å²) in [7, 11) is 0. The topological polar surface area (TPSA) is 52.6 Å². The second kappa shape index (κ2) is 8.87. The molecule has 0 fully saturated rings. The van der Waals surface area contributed by atoms with Gasteiger partial charge in [0, 0.05) is 17.1 Å². The number of carbonyl (C=O) groups is 1. The SMILES string of the molecule is CCN(CC)CCCNc1cccc(SC)c1C(=O)O. The average molecular weight is 296 g/mol. The zero-order chi connectivity index (χ0) is 15.0. The number of rotatable bonds is 9. The molecule has 2 N–H and O–H groups in total. The van der Waals surface area contributed by atoms with Crippen molar-refractivity contribution in [3.05, 3.63) is 23.8 Å². The summed E-state index contributed by atoms with van der Waals surface area (Å²) in [6.07, 6.45) is 2.90. The maximum absolute atomic E-state index is 11.4. The minimum Gasteiger partial charge on any atom is -0.478 e. The molecule has 0 aromatic heterocycles. The highest BCUT2D eigenvalue weighted by Gasteiger charge is 2.14. The molecule has 4 nitrogen and oxygen atoms in total. The van der Waals surface area contributed by atoms with Crippen molar-refractivity contribution in [3.63, 3.8) is 0 Å². The number of nitrogens with one attached hydrogen (secondary N) is 1. The number of carboxylic acids is 1. The fourth-order valence-electron chi connectivity index (χ4n) is 2.13. The molecule has 0 atom stereocenters. The van der Waals surface area contributed by atoms with Crippen LogP contribution in [0.1, 0.15) is 30.6 Å². The lowest BCUT2D eigenvalue weighted by molar-refractivity contribution is 0.0694. The molecule has 20 heavy (non-hydrogen) atoms. The number of nitrogens with zero attached hydrogens (tertiary/aromatic N) is 1. The number of benzene rings is 1. The quantitative estimate of drug-likeness (QED) is 0.541. The van der Waals surface area contributed by atoms with Crippen molar-refractivity contribution in [1.82, 2.24) is 4.90 Å². The van der Waals surface area contributed by atoms with Gasteiger partial charge in [0.25, 0.3) is 0 Å². The van der Waals surface area contributed by atoms with Gasteiger partial charge < -0.3 is 15.3 Å². The van der Waals surface area contributed by atoms with Crippen LogP contribution in [0.25, 0.3) is 0 Å². The second-order valence-electron chi connectivity index (χ2n) is 4.50. The predicted octanol–water partition coefficient (Wildman–Crippen LogP) is 3.25. The van der Waals surface area contributed by atoms with Crippen LogP contribution in [0.5, 0.6) is 0 Å². The lowest BCUT2D eigenvalue weighted by atomic mass is 10.1. The third-order valence-electron chi connectivity index (χ3n) is 3.32. The first-order chi connectivity index (χ1) is 9.63. The lowest BCUT2D eigenvalue weighted by Crippen LogP contribution is -2.25. The normalized spacial score (nSPS) is 10.8. The van der Waals surface area contributed by atoms with Crippen LogP contribution in [0, 0.1) is 0 Å². The minimum absolute atomic E-state index is 0.378. The standard InChI is InChI=1S/C15H24N2O2S/c1-4-17(5-2)11-7-10-16-12-8-6-9-13(20-3)14(12)15(18)19/h6,8-9,16H,4-5,7,10-11H2,1-3H3,(H,18,19). The van der Waals surface area contributed by atoms with Crippen LogP contribution in [0.3, 0.4) is 0 Å². The van der Waals surface area contributed by atoms with Gasteiger partial charge >= 0.3 is 5.97 Å². The Balaban J connectivity index is 2.62. The summed E-state index contributed by atoms with van der Waals surface area (Å²) in [6, 6.07) is 5.57. The number of hydrogen-bond donors (Lipinski definition) is 2. The molecule has 0 aliphatic rings. The van der Waals surface area contributed by atoms with E-state index in [4.69, 9.17) is 0 Å². The van der Waals surface area contributed by atoms with Crippen molar-refractivity contribution >= 4 is 23.4 Å². The highest BCUT2D eigenvalue weighted by molar-refractivity contribution is 7.98. The van der Waals surface area contributed by atoms with Crippen molar-refractivity contribution in [3.8, 4) is 0 Å². The Kier molecular flexibility index (Phi) is 7.47. The molecule has 0 aliphatic heterocycles. The molecule has 0 aliphatic carbocycles. The van der Waals surface area contributed by atoms with Gasteiger partial charge in [-0.2, -0.15) is 0 Å². The van der Waals surface area contributed by atoms with Crippen LogP contribution in [0.2, 0.25) is 0 Å². The Hall–Kier alpha value is -1.20. The van der Waals surface area contributed by atoms with Crippen molar-refractivity contribution in [1.29, 1.82) is 0 Å². The van der Waals surface area contributed by atoms with Gasteiger partial charge in [0.15, 0.2) is 0 Å². The predicted molar refractivity (Wildman–Crippen MR) is 86.1 cm³/mol. The summed E-state index contributed by atoms with van der Waals surface area (Å²) in [5.74, 6) is -0.874. The first-order valence-electron chi connectivity index (χ1n) is 7.00. The monoisotopic (exact) mass is 296 g/mol. The van der Waals surface area contributed by atoms with E-state index in [0.717, 1.165) is 37.5 Å². The Morgan fingerprint density at radius 1 is 1.35 bits per heavy atom. The molecule has 0 spiro atoms. The van der Waals surface area contributed by atoms with Crippen LogP contribution >= 0.6 is 11.8 Å². The number of anilines is 1. The van der Waals surface area contributed by atoms with Gasteiger partial charge in [-0.1, -0.05) is 19.9 Å². The van der Waals surface area contributed by atoms with E-state index in [2.05, 4.69) is 24.1 Å². The number of thioether (sulfide) groups is 1. The third-order valence-corrected chi connectivity index (χ3v) is 4.10. The van der Waals surface area contributed by atoms with Crippen LogP contribution in [-0.2, 0) is 0 Å². The Morgan fingerprint density at radius 2 is 2.05 bits per heavy atom. The molecule has 0 saturated carbocycles. The van der Waals surface area contributed by atoms with E-state index in [0.29, 0.717) is 11.3 Å². The summed E-state index contributed by atoms with van der Waals surface area (Å²) in [4.78, 5) is 14.5. The van der Waals surface area contributed by atoms with Crippen molar-refractivity contribution in [2.24, 2.45) is 0 Å². The van der Waals surface area contributed by atoms with Crippen LogP contribution < -0.4 is 5.32 Å². The van der Waals surface area contributed by atoms with Crippen LogP contribution in [0.15, 0.2) is 23.1 Å². The van der Waals surface area contributed by atoms with Gasteiger partial charge in [0.2, 0.25) is 0 Å². The highest BCUT2D eigenvalue weighted by Crippen LogP contribution is 2.27. The molecular weight excluding hydrogens is 272 g/mol. The van der Waals surface area contributed by atoms with Gasteiger partial charge in [-0.25, -0.2) is 4.79 Å². The van der Waals surface area contributed by atoms with E-state index in [1.54, 1.807) is 0 Å². The van der Waals surface area contributed by atoms with E-state index in [1.807, 2.05) is 24.5 Å². The Labute approximate surface area is 125 Å². The molecule has 0 saturated heterocycles. The smallest absolute Gasteiger partial charge is 0.338 e. The molecule has 1 aromatic carbocycles. The Morgan fingerprint density at radius 3 is 2.60 bits per heavy atom. The van der Waals surface area contributed by atoms with Crippen LogP contribution in [0.4, 0.5) is 5.69 Å². The van der Waals surface area contributed by atoms with E-state index < -0.39 is 5.97 Å². The van der Waals surface area contributed by atoms with Crippen molar-refractivity contribution in [2.45, 2.75) is 25.2 Å². The fourth-order valence-corrected chi connectivity index (χ4v) is 2.75. The highest BCUT2D eigenvalue weighted by atomic mass is 32.2. The van der Waals surface area contributed by atoms with Gasteiger partial charge in [-0.05, 0) is 44.4 Å². The second-order valence-corrected chi connectivity index (χ2v) is 5.34. The molecule has 0 heterocycles. The Bertz CT molecular complexity index is 434. The average Bonchev–Trinajstić information content (AvgIpc) is 2.46. The zero-order valence-electron chi connectivity index (χ0n) is 12.5. The molecule has 112 valence electrons. The number of hydrogen-bond acceptors (Lipinski definition) is 4. The molecular formula is C15H24N2O2S. The van der Waals surface area contributed by atoms with E-state index in [-0.39, 0.29) is 0 Å². The van der Waals surface area contributed by atoms with Crippen molar-refractivity contribution in [2.75, 3.05) is 37.8 Å². The molecule has 0 amide bonds. The molecule has 5 heteroatoms. The zero-order valence-corrected chi connectivity index (χ0v) is 13.3. The van der Waals surface area contributed by atoms with Crippen molar-refractivity contribution < 1.29 is 9.90 Å². The number of aromatic carboxylic acids is 1. The van der Waals surface area contributed by atoms with Gasteiger partial charge in [0.1, 0.15) is 0 Å². The summed E-state index contributed by atoms with van der Waals surface area (Å²) in [5.41, 5.74) is 1.09. The summed E-state index contributed by atoms with van der Waals surface area (Å²) < 4.78 is 0. The van der Waals surface area contributed by atoms with E-state index in [1.165, 1.54) is 11.8 Å². The van der Waals surface area contributed by atoms with E-state index in [9.17, 15) is 9.90 Å². The summed E-state index contributed by atoms with van der Waals surface area (Å²) in [6.45, 7) is 8.24. The van der Waals surface area contributed by atoms with Gasteiger partial charge in [-0.3, -0.25) is 0 Å². The van der Waals surface area contributed by atoms with Gasteiger partial charge in [-0.15, -0.1) is 11.8 Å². The summed E-state index contributed by atoms with van der Waals surface area (Å²) in [5, 5.41) is 12.6. The molecule has 1 aromatic rings. The molecule has 0 radical (unpaired) electrons. The molecule has 0 unspecified atom stereocenters. The minimum atomic E-state index is -0.874. The van der Waals surface area contributed by atoms with Gasteiger partial charge in [0.05, 0.1) is 5.56 Å². The maximum atomic E-state index is 11.4. The first kappa shape index (κ1) is 16.9. The third kappa shape index (κ3) is 4.72. The molecule has 1 rings (SSSR count). The van der Waals surface area contributed by atoms with E-state index >= 15 is 0 Å². The largest absolute Gasteiger partial charge is 0.478 e. The number of carboxylic acid groups (broad SMARTS) is 1. The van der Waals surface area contributed by atoms with Crippen LogP contribution in [-0.4, -0.2) is 48.4 Å². The lowest BCUT2D eigenvalue weighted by Gasteiger charge is -2.18. The molecule has 0 bridgehead atoms. The maximum Gasteiger partial charge on any atom is 0.338 e.